The number of benzene rings is 3. The molecule has 0 aliphatic heterocycles. The van der Waals surface area contributed by atoms with Crippen molar-refractivity contribution >= 4 is 39.0 Å². The Bertz CT molecular complexity index is 1340. The first kappa shape index (κ1) is 22.6. The van der Waals surface area contributed by atoms with Crippen LogP contribution >= 0.6 is 22.9 Å². The maximum Gasteiger partial charge on any atom is 0.225 e. The first-order chi connectivity index (χ1) is 16.6. The van der Waals surface area contributed by atoms with Crippen LogP contribution in [0.1, 0.15) is 36.5 Å². The Kier molecular flexibility index (Phi) is 6.61. The molecule has 170 valence electrons. The van der Waals surface area contributed by atoms with Gasteiger partial charge < -0.3 is 4.90 Å². The van der Waals surface area contributed by atoms with Crippen molar-refractivity contribution in [2.75, 3.05) is 4.90 Å². The zero-order chi connectivity index (χ0) is 23.5. The van der Waals surface area contributed by atoms with Crippen molar-refractivity contribution in [3.8, 4) is 11.1 Å². The molecule has 5 heteroatoms. The smallest absolute Gasteiger partial charge is 0.225 e. The molecule has 2 heterocycles. The summed E-state index contributed by atoms with van der Waals surface area (Å²) >= 11 is 8.06. The maximum absolute atomic E-state index is 6.44. The summed E-state index contributed by atoms with van der Waals surface area (Å²) < 4.78 is 0. The largest absolute Gasteiger partial charge is 0.347 e. The molecule has 0 amide bonds. The Morgan fingerprint density at radius 2 is 1.38 bits per heavy atom. The number of thiophene rings is 1. The first-order valence-corrected chi connectivity index (χ1v) is 12.7. The second-order valence-corrected chi connectivity index (χ2v) is 9.95. The molecule has 0 atom stereocenters. The molecule has 0 fully saturated rings. The molecular formula is C29H26ClN3S. The highest BCUT2D eigenvalue weighted by molar-refractivity contribution is 7.17. The molecule has 3 aromatic carbocycles. The topological polar surface area (TPSA) is 29.0 Å². The van der Waals surface area contributed by atoms with Crippen LogP contribution in [0.5, 0.6) is 0 Å². The third-order valence-corrected chi connectivity index (χ3v) is 7.05. The van der Waals surface area contributed by atoms with Gasteiger partial charge in [-0.15, -0.1) is 11.3 Å². The van der Waals surface area contributed by atoms with Crippen LogP contribution in [0.25, 0.3) is 21.3 Å². The van der Waals surface area contributed by atoms with Crippen molar-refractivity contribution in [1.82, 2.24) is 9.97 Å². The third kappa shape index (κ3) is 4.84. The second-order valence-electron chi connectivity index (χ2n) is 8.75. The lowest BCUT2D eigenvalue weighted by atomic mass is 9.99. The minimum atomic E-state index is 0.275. The second kappa shape index (κ2) is 9.96. The Morgan fingerprint density at radius 3 is 1.94 bits per heavy atom. The van der Waals surface area contributed by atoms with Gasteiger partial charge in [-0.1, -0.05) is 98.8 Å². The monoisotopic (exact) mass is 483 g/mol. The van der Waals surface area contributed by atoms with Crippen LogP contribution in [0.15, 0.2) is 90.3 Å². The van der Waals surface area contributed by atoms with Gasteiger partial charge in [0.15, 0.2) is 0 Å². The normalized spacial score (nSPS) is 11.3. The van der Waals surface area contributed by atoms with E-state index >= 15 is 0 Å². The molecule has 34 heavy (non-hydrogen) atoms. The van der Waals surface area contributed by atoms with Gasteiger partial charge >= 0.3 is 0 Å². The predicted octanol–water partition coefficient (Wildman–Crippen LogP) is 8.34. The lowest BCUT2D eigenvalue weighted by molar-refractivity contribution is 0.786. The fraction of sp³-hybridized carbons (Fsp3) is 0.172. The van der Waals surface area contributed by atoms with Crippen molar-refractivity contribution in [2.24, 2.45) is 0 Å². The quantitative estimate of drug-likeness (QED) is 0.218. The van der Waals surface area contributed by atoms with Crippen molar-refractivity contribution in [3.05, 3.63) is 112 Å². The minimum Gasteiger partial charge on any atom is -0.347 e. The number of anilines is 1. The van der Waals surface area contributed by atoms with E-state index in [-0.39, 0.29) is 5.28 Å². The molecule has 0 unspecified atom stereocenters. The van der Waals surface area contributed by atoms with Crippen molar-refractivity contribution < 1.29 is 0 Å². The summed E-state index contributed by atoms with van der Waals surface area (Å²) in [4.78, 5) is 12.6. The summed E-state index contributed by atoms with van der Waals surface area (Å²) in [6.45, 7) is 5.88. The van der Waals surface area contributed by atoms with Gasteiger partial charge in [-0.3, -0.25) is 0 Å². The first-order valence-electron chi connectivity index (χ1n) is 11.5. The molecule has 2 aromatic heterocycles. The molecule has 0 bridgehead atoms. The molecule has 5 aromatic rings. The van der Waals surface area contributed by atoms with Gasteiger partial charge in [-0.05, 0) is 39.8 Å². The van der Waals surface area contributed by atoms with Gasteiger partial charge in [-0.2, -0.15) is 4.98 Å². The molecular weight excluding hydrogens is 458 g/mol. The molecule has 0 spiro atoms. The van der Waals surface area contributed by atoms with Gasteiger partial charge in [-0.25, -0.2) is 4.98 Å². The van der Waals surface area contributed by atoms with Gasteiger partial charge in [0, 0.05) is 24.0 Å². The number of fused-ring (bicyclic) bond motifs is 1. The van der Waals surface area contributed by atoms with Crippen molar-refractivity contribution in [3.63, 3.8) is 0 Å². The summed E-state index contributed by atoms with van der Waals surface area (Å²) in [5, 5.41) is 3.50. The van der Waals surface area contributed by atoms with E-state index < -0.39 is 0 Å². The molecule has 5 rings (SSSR count). The van der Waals surface area contributed by atoms with Crippen LogP contribution in [0.3, 0.4) is 0 Å². The van der Waals surface area contributed by atoms with E-state index in [1.54, 1.807) is 11.3 Å². The molecule has 3 nitrogen and oxygen atoms in total. The maximum atomic E-state index is 6.44. The number of halogens is 1. The average Bonchev–Trinajstić information content (AvgIpc) is 3.28. The van der Waals surface area contributed by atoms with Crippen LogP contribution in [0.2, 0.25) is 5.28 Å². The van der Waals surface area contributed by atoms with E-state index in [1.807, 2.05) is 12.1 Å². The molecule has 0 radical (unpaired) electrons. The number of nitrogens with zero attached hydrogens (tertiary/aromatic N) is 3. The van der Waals surface area contributed by atoms with Crippen molar-refractivity contribution in [1.29, 1.82) is 0 Å². The molecule has 0 aliphatic rings. The molecule has 0 aliphatic carbocycles. The number of hydrogen-bond donors (Lipinski definition) is 0. The Balaban J connectivity index is 1.64. The summed E-state index contributed by atoms with van der Waals surface area (Å²) in [5.74, 6) is 1.37. The number of hydrogen-bond acceptors (Lipinski definition) is 4. The predicted molar refractivity (Wildman–Crippen MR) is 145 cm³/mol. The highest BCUT2D eigenvalue weighted by Gasteiger charge is 2.20. The zero-order valence-electron chi connectivity index (χ0n) is 19.3. The molecule has 0 saturated heterocycles. The van der Waals surface area contributed by atoms with E-state index in [0.29, 0.717) is 5.92 Å². The number of rotatable bonds is 7. The molecule has 0 saturated carbocycles. The van der Waals surface area contributed by atoms with Gasteiger partial charge in [0.2, 0.25) is 5.28 Å². The van der Waals surface area contributed by atoms with Gasteiger partial charge in [0.1, 0.15) is 10.6 Å². The van der Waals surface area contributed by atoms with Gasteiger partial charge in [0.05, 0.1) is 5.39 Å². The van der Waals surface area contributed by atoms with E-state index in [2.05, 4.69) is 102 Å². The van der Waals surface area contributed by atoms with Crippen LogP contribution in [0, 0.1) is 0 Å². The lowest BCUT2D eigenvalue weighted by Gasteiger charge is -2.25. The van der Waals surface area contributed by atoms with Crippen LogP contribution in [0.4, 0.5) is 5.82 Å². The fourth-order valence-corrected chi connectivity index (χ4v) is 5.36. The number of aromatic nitrogens is 2. The summed E-state index contributed by atoms with van der Waals surface area (Å²) in [7, 11) is 0. The summed E-state index contributed by atoms with van der Waals surface area (Å²) in [6.07, 6.45) is 0. The average molecular weight is 484 g/mol. The van der Waals surface area contributed by atoms with E-state index in [4.69, 9.17) is 16.6 Å². The van der Waals surface area contributed by atoms with Crippen LogP contribution in [-0.4, -0.2) is 9.97 Å². The Morgan fingerprint density at radius 1 is 0.794 bits per heavy atom. The van der Waals surface area contributed by atoms with E-state index in [1.165, 1.54) is 22.3 Å². The third-order valence-electron chi connectivity index (χ3n) is 6.01. The highest BCUT2D eigenvalue weighted by Crippen LogP contribution is 2.40. The van der Waals surface area contributed by atoms with E-state index in [0.717, 1.165) is 34.7 Å². The fourth-order valence-electron chi connectivity index (χ4n) is 4.20. The van der Waals surface area contributed by atoms with Crippen LogP contribution in [-0.2, 0) is 13.1 Å². The molecule has 0 N–H and O–H groups in total. The van der Waals surface area contributed by atoms with Crippen LogP contribution < -0.4 is 4.90 Å². The standard InChI is InChI=1S/C29H26ClN3S/c1-20(2)23-13-15-24(16-14-23)25-19-34-28-26(25)27(31-29(30)32-28)33(17-21-9-5-3-6-10-21)18-22-11-7-4-8-12-22/h3-16,19-20H,17-18H2,1-2H3. The lowest BCUT2D eigenvalue weighted by Crippen LogP contribution is -2.23. The van der Waals surface area contributed by atoms with E-state index in [9.17, 15) is 0 Å². The Labute approximate surface area is 209 Å². The SMILES string of the molecule is CC(C)c1ccc(-c2csc3nc(Cl)nc(N(Cc4ccccc4)Cc4ccccc4)c23)cc1. The minimum absolute atomic E-state index is 0.275. The zero-order valence-corrected chi connectivity index (χ0v) is 20.9. The highest BCUT2D eigenvalue weighted by atomic mass is 35.5. The summed E-state index contributed by atoms with van der Waals surface area (Å²) in [6, 6.07) is 29.8. The summed E-state index contributed by atoms with van der Waals surface area (Å²) in [5.41, 5.74) is 6.09. The van der Waals surface area contributed by atoms with Crippen molar-refractivity contribution in [2.45, 2.75) is 32.9 Å². The Hall–Kier alpha value is -3.21. The van der Waals surface area contributed by atoms with Gasteiger partial charge in [0.25, 0.3) is 0 Å².